The predicted molar refractivity (Wildman–Crippen MR) is 92.5 cm³/mol. The number of hydrogen-bond donors (Lipinski definition) is 1. The Morgan fingerprint density at radius 2 is 2.33 bits per heavy atom. The van der Waals surface area contributed by atoms with Crippen molar-refractivity contribution < 1.29 is 0 Å². The van der Waals surface area contributed by atoms with Crippen molar-refractivity contribution in [2.24, 2.45) is 5.73 Å². The van der Waals surface area contributed by atoms with Gasteiger partial charge in [0.2, 0.25) is 0 Å². The first-order chi connectivity index (χ1) is 10.1. The average molecular weight is 342 g/mol. The Hall–Kier alpha value is -0.490. The van der Waals surface area contributed by atoms with E-state index in [9.17, 15) is 0 Å². The number of aryl methyl sites for hydroxylation is 3. The lowest BCUT2D eigenvalue weighted by atomic mass is 10.1. The van der Waals surface area contributed by atoms with E-state index in [1.54, 1.807) is 0 Å². The molecule has 0 radical (unpaired) electrons. The summed E-state index contributed by atoms with van der Waals surface area (Å²) in [7, 11) is 0. The molecule has 1 aliphatic heterocycles. The first-order valence-corrected chi connectivity index (χ1v) is 9.61. The van der Waals surface area contributed by atoms with Crippen LogP contribution in [0.3, 0.4) is 0 Å². The molecule has 21 heavy (non-hydrogen) atoms. The molecule has 0 aliphatic carbocycles. The van der Waals surface area contributed by atoms with E-state index >= 15 is 0 Å². The largest absolute Gasteiger partial charge is 0.323 e. The average Bonchev–Trinajstić information content (AvgIpc) is 3.03. The molecule has 2 N–H and O–H groups in total. The fraction of sp³-hybridized carbons (Fsp3) is 0.533. The van der Waals surface area contributed by atoms with Crippen LogP contribution in [0.2, 0.25) is 5.02 Å². The Morgan fingerprint density at radius 1 is 1.52 bits per heavy atom. The van der Waals surface area contributed by atoms with E-state index < -0.39 is 0 Å². The third-order valence-corrected chi connectivity index (χ3v) is 6.75. The van der Waals surface area contributed by atoms with Crippen LogP contribution >= 0.6 is 34.7 Å². The molecule has 0 saturated heterocycles. The van der Waals surface area contributed by atoms with Gasteiger partial charge < -0.3 is 5.73 Å². The minimum absolute atomic E-state index is 0.00417. The molecule has 0 bridgehead atoms. The molecule has 1 atom stereocenters. The van der Waals surface area contributed by atoms with Crippen molar-refractivity contribution in [2.75, 3.05) is 5.75 Å². The van der Waals surface area contributed by atoms with Gasteiger partial charge in [0.1, 0.15) is 0 Å². The molecular weight excluding hydrogens is 322 g/mol. The van der Waals surface area contributed by atoms with Crippen molar-refractivity contribution in [3.8, 4) is 0 Å². The van der Waals surface area contributed by atoms with Gasteiger partial charge >= 0.3 is 0 Å². The molecule has 0 aromatic carbocycles. The van der Waals surface area contributed by atoms with Crippen LogP contribution < -0.4 is 5.73 Å². The lowest BCUT2D eigenvalue weighted by molar-refractivity contribution is 0.590. The SMILES string of the molecule is CCn1nc(C)c(Cl)c1CC(N)c1cc2c(s1)CCSC2. The van der Waals surface area contributed by atoms with Crippen molar-refractivity contribution in [1.82, 2.24) is 9.78 Å². The van der Waals surface area contributed by atoms with Crippen molar-refractivity contribution in [2.45, 2.75) is 45.0 Å². The van der Waals surface area contributed by atoms with Crippen LogP contribution in [0.4, 0.5) is 0 Å². The molecule has 1 unspecified atom stereocenters. The lowest BCUT2D eigenvalue weighted by Gasteiger charge is -2.11. The summed E-state index contributed by atoms with van der Waals surface area (Å²) >= 11 is 10.3. The standard InChI is InChI=1S/C15H20ClN3S2/c1-3-19-12(15(16)9(2)18-19)7-11(17)14-6-10-8-20-5-4-13(10)21-14/h6,11H,3-5,7-8,17H2,1-2H3. The molecule has 6 heteroatoms. The van der Waals surface area contributed by atoms with Crippen molar-refractivity contribution in [3.63, 3.8) is 0 Å². The summed E-state index contributed by atoms with van der Waals surface area (Å²) in [5, 5.41) is 5.24. The van der Waals surface area contributed by atoms with Gasteiger partial charge in [0.25, 0.3) is 0 Å². The van der Waals surface area contributed by atoms with E-state index in [2.05, 4.69) is 18.1 Å². The highest BCUT2D eigenvalue weighted by Gasteiger charge is 2.20. The molecule has 0 spiro atoms. The van der Waals surface area contributed by atoms with Gasteiger partial charge in [-0.3, -0.25) is 4.68 Å². The lowest BCUT2D eigenvalue weighted by Crippen LogP contribution is -2.15. The third-order valence-electron chi connectivity index (χ3n) is 3.88. The van der Waals surface area contributed by atoms with E-state index in [0.29, 0.717) is 0 Å². The first-order valence-electron chi connectivity index (χ1n) is 7.26. The Morgan fingerprint density at radius 3 is 3.05 bits per heavy atom. The second-order valence-corrected chi connectivity index (χ2v) is 8.02. The van der Waals surface area contributed by atoms with Crippen molar-refractivity contribution in [1.29, 1.82) is 0 Å². The van der Waals surface area contributed by atoms with Gasteiger partial charge in [0.15, 0.2) is 0 Å². The fourth-order valence-corrected chi connectivity index (χ4v) is 5.32. The number of fused-ring (bicyclic) bond motifs is 1. The Bertz CT molecular complexity index is 624. The van der Waals surface area contributed by atoms with Crippen LogP contribution in [-0.4, -0.2) is 15.5 Å². The topological polar surface area (TPSA) is 43.8 Å². The second kappa shape index (κ2) is 6.32. The number of nitrogens with zero attached hydrogens (tertiary/aromatic N) is 2. The molecule has 1 aliphatic rings. The first kappa shape index (κ1) is 15.4. The predicted octanol–water partition coefficient (Wildman–Crippen LogP) is 3.96. The number of halogens is 1. The highest BCUT2D eigenvalue weighted by molar-refractivity contribution is 7.98. The molecular formula is C15H20ClN3S2. The molecule has 0 amide bonds. The van der Waals surface area contributed by atoms with Gasteiger partial charge in [-0.15, -0.1) is 11.3 Å². The number of thioether (sulfide) groups is 1. The molecule has 2 aromatic rings. The minimum Gasteiger partial charge on any atom is -0.323 e. The highest BCUT2D eigenvalue weighted by atomic mass is 35.5. The quantitative estimate of drug-likeness (QED) is 0.915. The van der Waals surface area contributed by atoms with Crippen LogP contribution in [0.25, 0.3) is 0 Å². The Kier molecular flexibility index (Phi) is 4.64. The van der Waals surface area contributed by atoms with Crippen LogP contribution in [0, 0.1) is 6.92 Å². The molecule has 3 heterocycles. The maximum absolute atomic E-state index is 6.44. The van der Waals surface area contributed by atoms with Crippen molar-refractivity contribution in [3.05, 3.63) is 37.8 Å². The highest BCUT2D eigenvalue weighted by Crippen LogP contribution is 2.35. The number of aromatic nitrogens is 2. The van der Waals surface area contributed by atoms with E-state index in [1.165, 1.54) is 27.5 Å². The van der Waals surface area contributed by atoms with Gasteiger partial charge in [-0.25, -0.2) is 0 Å². The van der Waals surface area contributed by atoms with Gasteiger partial charge in [0.05, 0.1) is 16.4 Å². The van der Waals surface area contributed by atoms with Gasteiger partial charge in [0, 0.05) is 34.5 Å². The number of rotatable bonds is 4. The van der Waals surface area contributed by atoms with Crippen LogP contribution in [0.5, 0.6) is 0 Å². The number of nitrogens with two attached hydrogens (primary N) is 1. The van der Waals surface area contributed by atoms with E-state index in [-0.39, 0.29) is 6.04 Å². The maximum Gasteiger partial charge on any atom is 0.0847 e. The molecule has 114 valence electrons. The summed E-state index contributed by atoms with van der Waals surface area (Å²) in [4.78, 5) is 2.80. The molecule has 3 rings (SSSR count). The maximum atomic E-state index is 6.44. The van der Waals surface area contributed by atoms with E-state index in [1.807, 2.05) is 34.7 Å². The minimum atomic E-state index is 0.00417. The van der Waals surface area contributed by atoms with Crippen LogP contribution in [0.15, 0.2) is 6.07 Å². The zero-order valence-corrected chi connectivity index (χ0v) is 14.7. The summed E-state index contributed by atoms with van der Waals surface area (Å²) in [5.74, 6) is 2.36. The Balaban J connectivity index is 1.83. The molecule has 2 aromatic heterocycles. The van der Waals surface area contributed by atoms with Crippen LogP contribution in [0.1, 0.15) is 39.7 Å². The normalized spacial score (nSPS) is 16.0. The summed E-state index contributed by atoms with van der Waals surface area (Å²) in [5.41, 5.74) is 9.88. The zero-order valence-electron chi connectivity index (χ0n) is 12.4. The van der Waals surface area contributed by atoms with Gasteiger partial charge in [-0.1, -0.05) is 11.6 Å². The summed E-state index contributed by atoms with van der Waals surface area (Å²) in [6, 6.07) is 2.30. The molecule has 0 saturated carbocycles. The number of thiophene rings is 1. The van der Waals surface area contributed by atoms with E-state index in [0.717, 1.165) is 35.1 Å². The summed E-state index contributed by atoms with van der Waals surface area (Å²) in [6.07, 6.45) is 1.93. The summed E-state index contributed by atoms with van der Waals surface area (Å²) in [6.45, 7) is 4.86. The molecule has 3 nitrogen and oxygen atoms in total. The van der Waals surface area contributed by atoms with Gasteiger partial charge in [-0.05, 0) is 37.7 Å². The second-order valence-electron chi connectivity index (χ2n) is 5.37. The summed E-state index contributed by atoms with van der Waals surface area (Å²) < 4.78 is 1.97. The van der Waals surface area contributed by atoms with Crippen molar-refractivity contribution >= 4 is 34.7 Å². The Labute approximate surface area is 138 Å². The zero-order chi connectivity index (χ0) is 15.0. The van der Waals surface area contributed by atoms with Gasteiger partial charge in [-0.2, -0.15) is 16.9 Å². The third kappa shape index (κ3) is 3.02. The van der Waals surface area contributed by atoms with Crippen LogP contribution in [-0.2, 0) is 25.1 Å². The monoisotopic (exact) mass is 341 g/mol. The van der Waals surface area contributed by atoms with E-state index in [4.69, 9.17) is 17.3 Å². The molecule has 0 fully saturated rings. The fourth-order valence-electron chi connectivity index (χ4n) is 2.73. The number of hydrogen-bond acceptors (Lipinski definition) is 4. The smallest absolute Gasteiger partial charge is 0.0847 e.